The summed E-state index contributed by atoms with van der Waals surface area (Å²) in [6.45, 7) is 3.69. The molecule has 0 fully saturated rings. The zero-order valence-corrected chi connectivity index (χ0v) is 13.9. The van der Waals surface area contributed by atoms with Crippen LogP contribution in [-0.2, 0) is 0 Å². The molecule has 1 aromatic heterocycles. The van der Waals surface area contributed by atoms with E-state index in [1.165, 1.54) is 0 Å². The van der Waals surface area contributed by atoms with Gasteiger partial charge in [0.1, 0.15) is 0 Å². The second-order valence-corrected chi connectivity index (χ2v) is 7.66. The van der Waals surface area contributed by atoms with Crippen molar-refractivity contribution in [2.45, 2.75) is 19.6 Å². The van der Waals surface area contributed by atoms with Crippen LogP contribution in [0, 0.1) is 2.88 Å². The first kappa shape index (κ1) is 13.7. The fourth-order valence-corrected chi connectivity index (χ4v) is 3.26. The van der Waals surface area contributed by atoms with E-state index in [0.717, 1.165) is 2.88 Å². The van der Waals surface area contributed by atoms with Crippen molar-refractivity contribution in [2.24, 2.45) is 0 Å². The second kappa shape index (κ2) is 4.92. The van der Waals surface area contributed by atoms with Crippen LogP contribution in [0.4, 0.5) is 5.69 Å². The average Bonchev–Trinajstić information content (AvgIpc) is 2.90. The minimum absolute atomic E-state index is 0.123. The van der Waals surface area contributed by atoms with Crippen molar-refractivity contribution in [3.05, 3.63) is 38.1 Å². The Labute approximate surface area is 134 Å². The molecule has 0 atom stereocenters. The topological polar surface area (TPSA) is 47.6 Å². The number of rotatable bonds is 2. The first-order valence-corrected chi connectivity index (χ1v) is 7.96. The minimum Gasteiger partial charge on any atom is -0.449 e. The van der Waals surface area contributed by atoms with Gasteiger partial charge in [0.25, 0.3) is 5.91 Å². The van der Waals surface area contributed by atoms with Crippen molar-refractivity contribution < 1.29 is 14.3 Å². The first-order valence-electron chi connectivity index (χ1n) is 6.00. The van der Waals surface area contributed by atoms with E-state index >= 15 is 0 Å². The molecule has 20 heavy (non-hydrogen) atoms. The van der Waals surface area contributed by atoms with Crippen molar-refractivity contribution >= 4 is 45.5 Å². The van der Waals surface area contributed by atoms with E-state index in [-0.39, 0.29) is 5.91 Å². The van der Waals surface area contributed by atoms with Crippen LogP contribution in [0.1, 0.15) is 24.2 Å². The van der Waals surface area contributed by atoms with Gasteiger partial charge in [0.15, 0.2) is 11.5 Å². The highest BCUT2D eigenvalue weighted by Gasteiger charge is 2.31. The van der Waals surface area contributed by atoms with Crippen molar-refractivity contribution in [1.82, 2.24) is 0 Å². The lowest BCUT2D eigenvalue weighted by Gasteiger charge is -2.16. The number of fused-ring (bicyclic) bond motifs is 1. The van der Waals surface area contributed by atoms with E-state index < -0.39 is 5.79 Å². The summed E-state index contributed by atoms with van der Waals surface area (Å²) in [5, 5.41) is 4.70. The molecule has 1 aliphatic heterocycles. The van der Waals surface area contributed by atoms with Gasteiger partial charge in [0.2, 0.25) is 5.79 Å². The smallest absolute Gasteiger partial charge is 0.256 e. The Morgan fingerprint density at radius 2 is 2.00 bits per heavy atom. The predicted octanol–water partition coefficient (Wildman–Crippen LogP) is 4.11. The van der Waals surface area contributed by atoms with Gasteiger partial charge in [-0.25, -0.2) is 0 Å². The minimum atomic E-state index is -0.658. The highest BCUT2D eigenvalue weighted by Crippen LogP contribution is 2.40. The number of carbonyl (C=O) groups excluding carboxylic acids is 1. The van der Waals surface area contributed by atoms with E-state index in [4.69, 9.17) is 9.47 Å². The number of hydrogen-bond donors (Lipinski definition) is 1. The van der Waals surface area contributed by atoms with Gasteiger partial charge in [0, 0.05) is 31.0 Å². The normalized spacial score (nSPS) is 15.2. The molecule has 6 heteroatoms. The van der Waals surface area contributed by atoms with E-state index in [9.17, 15) is 4.79 Å². The molecule has 4 nitrogen and oxygen atoms in total. The van der Waals surface area contributed by atoms with Crippen molar-refractivity contribution in [2.75, 3.05) is 5.32 Å². The molecule has 2 aromatic rings. The van der Waals surface area contributed by atoms with Gasteiger partial charge in [-0.3, -0.25) is 4.79 Å². The number of thiophene rings is 1. The third-order valence-electron chi connectivity index (χ3n) is 2.74. The monoisotopic (exact) mass is 401 g/mol. The SMILES string of the molecule is CC1(C)Oc2ccc(NC(=O)c3csc(I)c3)cc2O1. The Hall–Kier alpha value is -1.28. The number of benzene rings is 1. The van der Waals surface area contributed by atoms with E-state index in [0.29, 0.717) is 22.7 Å². The summed E-state index contributed by atoms with van der Waals surface area (Å²) in [4.78, 5) is 12.1. The van der Waals surface area contributed by atoms with Crippen molar-refractivity contribution in [3.8, 4) is 11.5 Å². The molecule has 1 aromatic carbocycles. The molecule has 0 bridgehead atoms. The number of nitrogens with one attached hydrogen (secondary N) is 1. The highest BCUT2D eigenvalue weighted by molar-refractivity contribution is 14.1. The molecular formula is C14H12INO3S. The Balaban J connectivity index is 1.78. The molecule has 1 amide bonds. The molecule has 0 aliphatic carbocycles. The highest BCUT2D eigenvalue weighted by atomic mass is 127. The summed E-state index contributed by atoms with van der Waals surface area (Å²) in [7, 11) is 0. The number of amides is 1. The molecule has 0 unspecified atom stereocenters. The molecule has 1 N–H and O–H groups in total. The third kappa shape index (κ3) is 2.76. The standard InChI is InChI=1S/C14H12INO3S/c1-14(2)18-10-4-3-9(6-11(10)19-14)16-13(17)8-5-12(15)20-7-8/h3-7H,1-2H3,(H,16,17). The maximum atomic E-state index is 12.1. The van der Waals surface area contributed by atoms with Gasteiger partial charge in [0.05, 0.1) is 8.45 Å². The Morgan fingerprint density at radius 1 is 1.25 bits per heavy atom. The van der Waals surface area contributed by atoms with Crippen molar-refractivity contribution in [1.29, 1.82) is 0 Å². The van der Waals surface area contributed by atoms with Gasteiger partial charge in [-0.2, -0.15) is 0 Å². The molecule has 2 heterocycles. The lowest BCUT2D eigenvalue weighted by Crippen LogP contribution is -2.29. The van der Waals surface area contributed by atoms with Gasteiger partial charge in [-0.15, -0.1) is 11.3 Å². The maximum Gasteiger partial charge on any atom is 0.256 e. The average molecular weight is 401 g/mol. The summed E-state index contributed by atoms with van der Waals surface area (Å²) in [6.07, 6.45) is 0. The summed E-state index contributed by atoms with van der Waals surface area (Å²) < 4.78 is 12.3. The van der Waals surface area contributed by atoms with E-state index in [1.54, 1.807) is 29.5 Å². The lowest BCUT2D eigenvalue weighted by atomic mass is 10.2. The summed E-state index contributed by atoms with van der Waals surface area (Å²) in [6, 6.07) is 7.24. The van der Waals surface area contributed by atoms with Crippen LogP contribution in [0.15, 0.2) is 29.6 Å². The van der Waals surface area contributed by atoms with Crippen LogP contribution < -0.4 is 14.8 Å². The van der Waals surface area contributed by atoms with Crippen LogP contribution in [0.25, 0.3) is 0 Å². The molecular weight excluding hydrogens is 389 g/mol. The van der Waals surface area contributed by atoms with Gasteiger partial charge in [-0.1, -0.05) is 0 Å². The Kier molecular flexibility index (Phi) is 3.37. The second-order valence-electron chi connectivity index (χ2n) is 4.86. The number of carbonyl (C=O) groups is 1. The number of hydrogen-bond acceptors (Lipinski definition) is 4. The zero-order valence-electron chi connectivity index (χ0n) is 10.9. The van der Waals surface area contributed by atoms with Crippen LogP contribution in [0.2, 0.25) is 0 Å². The van der Waals surface area contributed by atoms with Crippen LogP contribution in [-0.4, -0.2) is 11.7 Å². The van der Waals surface area contributed by atoms with Crippen LogP contribution in [0.5, 0.6) is 11.5 Å². The molecule has 0 saturated carbocycles. The Morgan fingerprint density at radius 3 is 2.70 bits per heavy atom. The molecule has 1 aliphatic rings. The molecule has 0 saturated heterocycles. The number of halogens is 1. The summed E-state index contributed by atoms with van der Waals surface area (Å²) in [5.41, 5.74) is 1.36. The van der Waals surface area contributed by atoms with Gasteiger partial charge >= 0.3 is 0 Å². The molecule has 0 radical (unpaired) electrons. The predicted molar refractivity (Wildman–Crippen MR) is 86.8 cm³/mol. The van der Waals surface area contributed by atoms with Crippen molar-refractivity contribution in [3.63, 3.8) is 0 Å². The van der Waals surface area contributed by atoms with Gasteiger partial charge in [-0.05, 0) is 40.8 Å². The van der Waals surface area contributed by atoms with Crippen LogP contribution in [0.3, 0.4) is 0 Å². The largest absolute Gasteiger partial charge is 0.449 e. The third-order valence-corrected chi connectivity index (χ3v) is 4.53. The summed E-state index contributed by atoms with van der Waals surface area (Å²) >= 11 is 3.74. The quantitative estimate of drug-likeness (QED) is 0.771. The van der Waals surface area contributed by atoms with E-state index in [2.05, 4.69) is 27.9 Å². The molecule has 3 rings (SSSR count). The fraction of sp³-hybridized carbons (Fsp3) is 0.214. The molecule has 104 valence electrons. The molecule has 0 spiro atoms. The van der Waals surface area contributed by atoms with Crippen LogP contribution >= 0.6 is 33.9 Å². The maximum absolute atomic E-state index is 12.1. The van der Waals surface area contributed by atoms with E-state index in [1.807, 2.05) is 25.3 Å². The summed E-state index contributed by atoms with van der Waals surface area (Å²) in [5.74, 6) is 0.558. The zero-order chi connectivity index (χ0) is 14.3. The fourth-order valence-electron chi connectivity index (χ4n) is 1.93. The number of ether oxygens (including phenoxy) is 2. The lowest BCUT2D eigenvalue weighted by molar-refractivity contribution is -0.0431. The first-order chi connectivity index (χ1) is 9.43. The Bertz CT molecular complexity index is 681. The van der Waals surface area contributed by atoms with Gasteiger partial charge < -0.3 is 14.8 Å². The number of anilines is 1.